The largest absolute Gasteiger partial charge is 0.379 e. The van der Waals surface area contributed by atoms with E-state index in [0.717, 1.165) is 0 Å². The number of nitrogens with one attached hydrogen (secondary N) is 2. The van der Waals surface area contributed by atoms with Crippen molar-refractivity contribution in [1.29, 1.82) is 0 Å². The third-order valence-corrected chi connectivity index (χ3v) is 3.21. The maximum Gasteiger partial charge on any atom is 0.242 e. The molecule has 1 aliphatic heterocycles. The summed E-state index contributed by atoms with van der Waals surface area (Å²) in [6, 6.07) is -0.869. The van der Waals surface area contributed by atoms with E-state index in [1.165, 1.54) is 0 Å². The van der Waals surface area contributed by atoms with Gasteiger partial charge in [-0.2, -0.15) is 0 Å². The fourth-order valence-corrected chi connectivity index (χ4v) is 1.76. The number of hydrogen-bond donors (Lipinski definition) is 3. The lowest BCUT2D eigenvalue weighted by Crippen LogP contribution is -2.55. The molecule has 1 rings (SSSR count). The van der Waals surface area contributed by atoms with Gasteiger partial charge in [-0.1, -0.05) is 0 Å². The number of rotatable bonds is 4. The number of hydrogen-bond acceptors (Lipinski definition) is 4. The Morgan fingerprint density at radius 3 is 2.39 bits per heavy atom. The van der Waals surface area contributed by atoms with Crippen LogP contribution in [0.1, 0.15) is 27.7 Å². The Labute approximate surface area is 108 Å². The van der Waals surface area contributed by atoms with Gasteiger partial charge in [0, 0.05) is 12.1 Å². The molecule has 2 amide bonds. The van der Waals surface area contributed by atoms with E-state index in [0.29, 0.717) is 13.2 Å². The van der Waals surface area contributed by atoms with E-state index in [2.05, 4.69) is 10.6 Å². The summed E-state index contributed by atoms with van der Waals surface area (Å²) in [4.78, 5) is 23.8. The molecule has 1 heterocycles. The van der Waals surface area contributed by atoms with Gasteiger partial charge in [0.1, 0.15) is 6.04 Å². The van der Waals surface area contributed by atoms with Gasteiger partial charge in [0.15, 0.2) is 0 Å². The molecule has 4 N–H and O–H groups in total. The van der Waals surface area contributed by atoms with Gasteiger partial charge in [0.25, 0.3) is 0 Å². The minimum Gasteiger partial charge on any atom is -0.379 e. The Bertz CT molecular complexity index is 333. The summed E-state index contributed by atoms with van der Waals surface area (Å²) >= 11 is 0. The molecular formula is C12H23N3O3. The first kappa shape index (κ1) is 14.9. The molecule has 0 aliphatic carbocycles. The molecule has 1 aliphatic rings. The highest BCUT2D eigenvalue weighted by Gasteiger charge is 2.44. The van der Waals surface area contributed by atoms with Gasteiger partial charge in [-0.3, -0.25) is 9.59 Å². The predicted molar refractivity (Wildman–Crippen MR) is 67.8 cm³/mol. The molecule has 18 heavy (non-hydrogen) atoms. The van der Waals surface area contributed by atoms with Crippen LogP contribution in [0.5, 0.6) is 0 Å². The summed E-state index contributed by atoms with van der Waals surface area (Å²) in [7, 11) is 0. The Morgan fingerprint density at radius 1 is 1.33 bits per heavy atom. The van der Waals surface area contributed by atoms with Gasteiger partial charge >= 0.3 is 0 Å². The molecule has 3 unspecified atom stereocenters. The standard InChI is InChI=1S/C12H23N3O3/c1-7(2)14-10(16)8(3)15-11(17)12(4)6-18-5-9(12)13/h7-9H,5-6,13H2,1-4H3,(H,14,16)(H,15,17). The van der Waals surface area contributed by atoms with Crippen LogP contribution in [0.4, 0.5) is 0 Å². The fourth-order valence-electron chi connectivity index (χ4n) is 1.76. The summed E-state index contributed by atoms with van der Waals surface area (Å²) in [5.41, 5.74) is 5.10. The SMILES string of the molecule is CC(C)NC(=O)C(C)NC(=O)C1(C)COCC1N. The van der Waals surface area contributed by atoms with Crippen molar-refractivity contribution in [3.8, 4) is 0 Å². The van der Waals surface area contributed by atoms with Gasteiger partial charge in [-0.15, -0.1) is 0 Å². The molecule has 6 nitrogen and oxygen atoms in total. The lowest BCUT2D eigenvalue weighted by molar-refractivity contribution is -0.135. The smallest absolute Gasteiger partial charge is 0.242 e. The first-order valence-electron chi connectivity index (χ1n) is 6.22. The van der Waals surface area contributed by atoms with E-state index in [1.54, 1.807) is 13.8 Å². The van der Waals surface area contributed by atoms with E-state index >= 15 is 0 Å². The zero-order chi connectivity index (χ0) is 13.9. The lowest BCUT2D eigenvalue weighted by Gasteiger charge is -2.27. The van der Waals surface area contributed by atoms with Crippen molar-refractivity contribution < 1.29 is 14.3 Å². The number of ether oxygens (including phenoxy) is 1. The van der Waals surface area contributed by atoms with Crippen molar-refractivity contribution in [1.82, 2.24) is 10.6 Å². The Kier molecular flexibility index (Phi) is 4.70. The topological polar surface area (TPSA) is 93.5 Å². The Morgan fingerprint density at radius 2 is 1.94 bits per heavy atom. The summed E-state index contributed by atoms with van der Waals surface area (Å²) in [5.74, 6) is -0.437. The van der Waals surface area contributed by atoms with Crippen LogP contribution < -0.4 is 16.4 Å². The van der Waals surface area contributed by atoms with Crippen molar-refractivity contribution in [3.05, 3.63) is 0 Å². The normalized spacial score (nSPS) is 29.1. The summed E-state index contributed by atoms with van der Waals surface area (Å²) in [6.07, 6.45) is 0. The van der Waals surface area contributed by atoms with Crippen molar-refractivity contribution >= 4 is 11.8 Å². The summed E-state index contributed by atoms with van der Waals surface area (Å²) in [5, 5.41) is 5.43. The molecule has 3 atom stereocenters. The monoisotopic (exact) mass is 257 g/mol. The third kappa shape index (κ3) is 3.20. The summed E-state index contributed by atoms with van der Waals surface area (Å²) < 4.78 is 5.21. The Balaban J connectivity index is 2.56. The maximum atomic E-state index is 12.1. The average Bonchev–Trinajstić information content (AvgIpc) is 2.59. The first-order valence-corrected chi connectivity index (χ1v) is 6.22. The highest BCUT2D eigenvalue weighted by Crippen LogP contribution is 2.27. The van der Waals surface area contributed by atoms with E-state index in [9.17, 15) is 9.59 Å². The average molecular weight is 257 g/mol. The number of carbonyl (C=O) groups is 2. The molecule has 1 fully saturated rings. The highest BCUT2D eigenvalue weighted by atomic mass is 16.5. The summed E-state index contributed by atoms with van der Waals surface area (Å²) in [6.45, 7) is 7.81. The van der Waals surface area contributed by atoms with Gasteiger partial charge in [-0.05, 0) is 27.7 Å². The van der Waals surface area contributed by atoms with Crippen LogP contribution in [-0.4, -0.2) is 43.2 Å². The van der Waals surface area contributed by atoms with E-state index in [4.69, 9.17) is 10.5 Å². The third-order valence-electron chi connectivity index (χ3n) is 3.21. The second-order valence-corrected chi connectivity index (χ2v) is 5.40. The molecule has 0 spiro atoms. The second kappa shape index (κ2) is 5.67. The highest BCUT2D eigenvalue weighted by molar-refractivity contribution is 5.90. The second-order valence-electron chi connectivity index (χ2n) is 5.40. The predicted octanol–water partition coefficient (Wildman–Crippen LogP) is -0.620. The molecule has 0 aromatic carbocycles. The molecule has 0 saturated carbocycles. The van der Waals surface area contributed by atoms with Crippen molar-refractivity contribution in [2.75, 3.05) is 13.2 Å². The van der Waals surface area contributed by atoms with Crippen LogP contribution in [0.3, 0.4) is 0 Å². The zero-order valence-corrected chi connectivity index (χ0v) is 11.4. The molecule has 0 aromatic heterocycles. The van der Waals surface area contributed by atoms with Gasteiger partial charge < -0.3 is 21.1 Å². The van der Waals surface area contributed by atoms with Gasteiger partial charge in [0.05, 0.1) is 18.6 Å². The van der Waals surface area contributed by atoms with Gasteiger partial charge in [-0.25, -0.2) is 0 Å². The van der Waals surface area contributed by atoms with Crippen molar-refractivity contribution in [2.45, 2.75) is 45.8 Å². The molecular weight excluding hydrogens is 234 g/mol. The number of nitrogens with two attached hydrogens (primary N) is 1. The fraction of sp³-hybridized carbons (Fsp3) is 0.833. The van der Waals surface area contributed by atoms with E-state index in [-0.39, 0.29) is 23.9 Å². The number of carbonyl (C=O) groups excluding carboxylic acids is 2. The van der Waals surface area contributed by atoms with Crippen LogP contribution in [-0.2, 0) is 14.3 Å². The quantitative estimate of drug-likeness (QED) is 0.625. The maximum absolute atomic E-state index is 12.1. The Hall–Kier alpha value is -1.14. The number of amides is 2. The van der Waals surface area contributed by atoms with Crippen molar-refractivity contribution in [3.63, 3.8) is 0 Å². The lowest BCUT2D eigenvalue weighted by atomic mass is 9.84. The van der Waals surface area contributed by atoms with E-state index < -0.39 is 11.5 Å². The first-order chi connectivity index (χ1) is 8.27. The minimum absolute atomic E-state index is 0.0458. The van der Waals surface area contributed by atoms with Gasteiger partial charge in [0.2, 0.25) is 11.8 Å². The molecule has 0 radical (unpaired) electrons. The molecule has 0 aromatic rings. The molecule has 1 saturated heterocycles. The molecule has 0 bridgehead atoms. The van der Waals surface area contributed by atoms with Crippen LogP contribution in [0.2, 0.25) is 0 Å². The van der Waals surface area contributed by atoms with Crippen LogP contribution >= 0.6 is 0 Å². The van der Waals surface area contributed by atoms with E-state index in [1.807, 2.05) is 13.8 Å². The van der Waals surface area contributed by atoms with Crippen molar-refractivity contribution in [2.24, 2.45) is 11.1 Å². The minimum atomic E-state index is -0.758. The van der Waals surface area contributed by atoms with Crippen LogP contribution in [0.25, 0.3) is 0 Å². The van der Waals surface area contributed by atoms with Crippen LogP contribution in [0.15, 0.2) is 0 Å². The van der Waals surface area contributed by atoms with Crippen LogP contribution in [0, 0.1) is 5.41 Å². The zero-order valence-electron chi connectivity index (χ0n) is 11.4. The molecule has 6 heteroatoms. The molecule has 104 valence electrons.